The topological polar surface area (TPSA) is 119 Å². The minimum Gasteiger partial charge on any atom is -0.508 e. The van der Waals surface area contributed by atoms with Gasteiger partial charge in [0.2, 0.25) is 0 Å². The number of ether oxygens (including phenoxy) is 1. The van der Waals surface area contributed by atoms with Crippen LogP contribution in [0.2, 0.25) is 0 Å². The average molecular weight is 496 g/mol. The molecule has 0 unspecified atom stereocenters. The molecular weight excluding hydrogens is 458 g/mol. The number of aromatic hydroxyl groups is 1. The van der Waals surface area contributed by atoms with Crippen LogP contribution in [0.1, 0.15) is 47.3 Å². The number of rotatable bonds is 13. The molecule has 0 fully saturated rings. The van der Waals surface area contributed by atoms with Crippen molar-refractivity contribution in [1.82, 2.24) is 5.32 Å². The smallest absolute Gasteiger partial charge is 0.300 e. The molecule has 36 heavy (non-hydrogen) atoms. The number of carbonyl (C=O) groups is 1. The predicted octanol–water partition coefficient (Wildman–Crippen LogP) is 3.99. The summed E-state index contributed by atoms with van der Waals surface area (Å²) in [7, 11) is 0. The molecule has 3 rings (SSSR count). The Balaban J connectivity index is 0.00000106. The summed E-state index contributed by atoms with van der Waals surface area (Å²) in [6.07, 6.45) is 2.20. The molecule has 5 N–H and O–H groups in total. The molecule has 0 spiro atoms. The van der Waals surface area contributed by atoms with Crippen LogP contribution in [0.4, 0.5) is 0 Å². The maximum Gasteiger partial charge on any atom is 0.300 e. The summed E-state index contributed by atoms with van der Waals surface area (Å²) in [5.74, 6) is -0.795. The van der Waals surface area contributed by atoms with Crippen LogP contribution in [0.25, 0.3) is 0 Å². The molecule has 3 aromatic rings. The molecule has 0 amide bonds. The number of nitrogens with one attached hydrogen (secondary N) is 1. The molecule has 0 saturated heterocycles. The second kappa shape index (κ2) is 16.4. The van der Waals surface area contributed by atoms with E-state index in [4.69, 9.17) is 14.6 Å². The van der Waals surface area contributed by atoms with Crippen molar-refractivity contribution >= 4 is 5.97 Å². The summed E-state index contributed by atoms with van der Waals surface area (Å²) < 4.78 is 5.85. The Morgan fingerprint density at radius 2 is 1.64 bits per heavy atom. The highest BCUT2D eigenvalue weighted by molar-refractivity contribution is 5.62. The van der Waals surface area contributed by atoms with Crippen molar-refractivity contribution in [3.63, 3.8) is 0 Å². The van der Waals surface area contributed by atoms with Gasteiger partial charge in [-0.25, -0.2) is 0 Å². The summed E-state index contributed by atoms with van der Waals surface area (Å²) in [6.45, 7) is 3.33. The molecule has 7 heteroatoms. The first-order chi connectivity index (χ1) is 17.4. The van der Waals surface area contributed by atoms with Crippen LogP contribution in [0.5, 0.6) is 5.75 Å². The van der Waals surface area contributed by atoms with Crippen molar-refractivity contribution in [3.05, 3.63) is 101 Å². The van der Waals surface area contributed by atoms with Crippen LogP contribution in [0.15, 0.2) is 72.8 Å². The van der Waals surface area contributed by atoms with Crippen molar-refractivity contribution in [2.24, 2.45) is 0 Å². The van der Waals surface area contributed by atoms with Gasteiger partial charge < -0.3 is 30.5 Å². The summed E-state index contributed by atoms with van der Waals surface area (Å²) in [5, 5.41) is 39.9. The monoisotopic (exact) mass is 495 g/mol. The number of aryl methyl sites for hydroxylation is 1. The number of carboxylic acids is 1. The largest absolute Gasteiger partial charge is 0.508 e. The Hall–Kier alpha value is -3.23. The third-order valence-corrected chi connectivity index (χ3v) is 5.44. The van der Waals surface area contributed by atoms with Crippen LogP contribution in [0.3, 0.4) is 0 Å². The molecule has 0 radical (unpaired) electrons. The SMILES string of the molecule is CC(=O)O.OCc1cc([C@@H](O)CNCCc2cccc(COCCCc3ccccc3)c2)ccc1O. The fourth-order valence-electron chi connectivity index (χ4n) is 3.62. The number of carboxylic acid groups (broad SMARTS) is 1. The number of aliphatic carboxylic acids is 1. The molecule has 194 valence electrons. The zero-order valence-electron chi connectivity index (χ0n) is 20.8. The number of phenols is 1. The van der Waals surface area contributed by atoms with E-state index in [1.54, 1.807) is 12.1 Å². The Morgan fingerprint density at radius 3 is 2.36 bits per heavy atom. The van der Waals surface area contributed by atoms with Gasteiger partial charge >= 0.3 is 0 Å². The zero-order chi connectivity index (χ0) is 26.2. The van der Waals surface area contributed by atoms with E-state index in [0.29, 0.717) is 24.3 Å². The van der Waals surface area contributed by atoms with Gasteiger partial charge in [-0.1, -0.05) is 60.7 Å². The van der Waals surface area contributed by atoms with Crippen LogP contribution < -0.4 is 5.32 Å². The fraction of sp³-hybridized carbons (Fsp3) is 0.345. The first-order valence-corrected chi connectivity index (χ1v) is 12.1. The van der Waals surface area contributed by atoms with Gasteiger partial charge in [-0.05, 0) is 60.2 Å². The molecule has 3 aromatic carbocycles. The van der Waals surface area contributed by atoms with Gasteiger partial charge in [-0.15, -0.1) is 0 Å². The standard InChI is InChI=1S/C27H33NO4.C2H4O2/c29-19-25-17-24(11-12-26(25)30)27(31)18-28-14-13-22-8-4-9-23(16-22)20-32-15-5-10-21-6-2-1-3-7-21;1-2(3)4/h1-4,6-9,11-12,16-17,27-31H,5,10,13-15,18-20H2;1H3,(H,3,4)/t27-;/m0./s1. The number of hydrogen-bond acceptors (Lipinski definition) is 6. The summed E-state index contributed by atoms with van der Waals surface area (Å²) in [5.41, 5.74) is 4.83. The summed E-state index contributed by atoms with van der Waals surface area (Å²) in [4.78, 5) is 9.00. The van der Waals surface area contributed by atoms with Gasteiger partial charge in [-0.3, -0.25) is 4.79 Å². The van der Waals surface area contributed by atoms with Crippen LogP contribution >= 0.6 is 0 Å². The van der Waals surface area contributed by atoms with Crippen LogP contribution in [-0.4, -0.2) is 46.1 Å². The molecule has 0 aliphatic rings. The van der Waals surface area contributed by atoms with Crippen molar-refractivity contribution in [2.45, 2.75) is 45.5 Å². The van der Waals surface area contributed by atoms with Gasteiger partial charge in [0.1, 0.15) is 5.75 Å². The second-order valence-electron chi connectivity index (χ2n) is 8.50. The van der Waals surface area contributed by atoms with E-state index < -0.39 is 12.1 Å². The predicted molar refractivity (Wildman–Crippen MR) is 140 cm³/mol. The van der Waals surface area contributed by atoms with Gasteiger partial charge in [0.15, 0.2) is 0 Å². The molecule has 0 aliphatic heterocycles. The number of hydrogen-bond donors (Lipinski definition) is 5. The Morgan fingerprint density at radius 1 is 0.944 bits per heavy atom. The third kappa shape index (κ3) is 11.5. The normalized spacial score (nSPS) is 11.4. The van der Waals surface area contributed by atoms with Gasteiger partial charge in [-0.2, -0.15) is 0 Å². The molecule has 0 aromatic heterocycles. The van der Waals surface area contributed by atoms with Crippen molar-refractivity contribution < 1.29 is 30.0 Å². The Kier molecular flexibility index (Phi) is 13.2. The first-order valence-electron chi connectivity index (χ1n) is 12.1. The van der Waals surface area contributed by atoms with E-state index >= 15 is 0 Å². The fourth-order valence-corrected chi connectivity index (χ4v) is 3.62. The average Bonchev–Trinajstić information content (AvgIpc) is 2.87. The van der Waals surface area contributed by atoms with E-state index in [0.717, 1.165) is 39.3 Å². The highest BCUT2D eigenvalue weighted by Crippen LogP contribution is 2.22. The van der Waals surface area contributed by atoms with Crippen molar-refractivity contribution in [1.29, 1.82) is 0 Å². The Labute approximate surface area is 213 Å². The quantitative estimate of drug-likeness (QED) is 0.228. The first kappa shape index (κ1) is 29.0. The molecule has 0 heterocycles. The van der Waals surface area contributed by atoms with Crippen LogP contribution in [0, 0.1) is 0 Å². The second-order valence-corrected chi connectivity index (χ2v) is 8.50. The maximum atomic E-state index is 10.3. The van der Waals surface area contributed by atoms with E-state index in [1.165, 1.54) is 22.8 Å². The lowest BCUT2D eigenvalue weighted by Gasteiger charge is -2.14. The van der Waals surface area contributed by atoms with Gasteiger partial charge in [0, 0.05) is 25.6 Å². The minimum absolute atomic E-state index is 0.0384. The number of aliphatic hydroxyl groups is 2. The highest BCUT2D eigenvalue weighted by atomic mass is 16.5. The molecule has 0 bridgehead atoms. The zero-order valence-corrected chi connectivity index (χ0v) is 20.8. The molecule has 0 aliphatic carbocycles. The van der Waals surface area contributed by atoms with E-state index in [1.807, 2.05) is 6.07 Å². The van der Waals surface area contributed by atoms with E-state index in [-0.39, 0.29) is 12.4 Å². The summed E-state index contributed by atoms with van der Waals surface area (Å²) in [6, 6.07) is 23.7. The molecular formula is C29H37NO6. The van der Waals surface area contributed by atoms with Crippen molar-refractivity contribution in [3.8, 4) is 5.75 Å². The number of aliphatic hydroxyl groups excluding tert-OH is 2. The lowest BCUT2D eigenvalue weighted by Crippen LogP contribution is -2.23. The number of benzene rings is 3. The van der Waals surface area contributed by atoms with E-state index in [9.17, 15) is 15.3 Å². The van der Waals surface area contributed by atoms with Gasteiger partial charge in [0.25, 0.3) is 5.97 Å². The molecule has 0 saturated carbocycles. The lowest BCUT2D eigenvalue weighted by molar-refractivity contribution is -0.134. The maximum absolute atomic E-state index is 10.3. The van der Waals surface area contributed by atoms with Gasteiger partial charge in [0.05, 0.1) is 19.3 Å². The molecule has 7 nitrogen and oxygen atoms in total. The highest BCUT2D eigenvalue weighted by Gasteiger charge is 2.10. The third-order valence-electron chi connectivity index (χ3n) is 5.44. The minimum atomic E-state index is -0.833. The molecule has 1 atom stereocenters. The van der Waals surface area contributed by atoms with Crippen LogP contribution in [-0.2, 0) is 35.6 Å². The van der Waals surface area contributed by atoms with Crippen molar-refractivity contribution in [2.75, 3.05) is 19.7 Å². The Bertz CT molecular complexity index is 1040. The lowest BCUT2D eigenvalue weighted by atomic mass is 10.0. The summed E-state index contributed by atoms with van der Waals surface area (Å²) >= 11 is 0. The van der Waals surface area contributed by atoms with E-state index in [2.05, 4.69) is 53.8 Å².